The summed E-state index contributed by atoms with van der Waals surface area (Å²) in [6.07, 6.45) is 5.55. The van der Waals surface area contributed by atoms with E-state index in [1.54, 1.807) is 6.20 Å². The van der Waals surface area contributed by atoms with E-state index in [0.717, 1.165) is 47.8 Å². The van der Waals surface area contributed by atoms with Crippen LogP contribution in [0.25, 0.3) is 16.8 Å². The molecule has 158 valence electrons. The third kappa shape index (κ3) is 4.10. The summed E-state index contributed by atoms with van der Waals surface area (Å²) in [5.74, 6) is 0.0702. The molecule has 0 saturated carbocycles. The van der Waals surface area contributed by atoms with Gasteiger partial charge in [-0.2, -0.15) is 5.10 Å². The van der Waals surface area contributed by atoms with Gasteiger partial charge in [-0.05, 0) is 44.3 Å². The van der Waals surface area contributed by atoms with Crippen LogP contribution >= 0.6 is 0 Å². The van der Waals surface area contributed by atoms with Crippen LogP contribution in [0.4, 0.5) is 0 Å². The Balaban J connectivity index is 1.62. The predicted molar refractivity (Wildman–Crippen MR) is 120 cm³/mol. The summed E-state index contributed by atoms with van der Waals surface area (Å²) >= 11 is 0. The third-order valence-corrected chi connectivity index (χ3v) is 5.87. The van der Waals surface area contributed by atoms with Gasteiger partial charge in [0.15, 0.2) is 5.65 Å². The van der Waals surface area contributed by atoms with Crippen molar-refractivity contribution in [3.63, 3.8) is 0 Å². The highest BCUT2D eigenvalue weighted by atomic mass is 16.1. The highest BCUT2D eigenvalue weighted by molar-refractivity contribution is 5.96. The number of rotatable bonds is 6. The molecule has 0 atom stereocenters. The van der Waals surface area contributed by atoms with Crippen molar-refractivity contribution in [1.29, 1.82) is 0 Å². The predicted octanol–water partition coefficient (Wildman–Crippen LogP) is 4.04. The Labute approximate surface area is 178 Å². The smallest absolute Gasteiger partial charge is 0.254 e. The van der Waals surface area contributed by atoms with Crippen LogP contribution in [0.15, 0.2) is 36.5 Å². The molecule has 1 N–H and O–H groups in total. The van der Waals surface area contributed by atoms with Crippen LogP contribution in [0, 0.1) is 6.92 Å². The summed E-state index contributed by atoms with van der Waals surface area (Å²) in [6.45, 7) is 10.0. The first-order valence-corrected chi connectivity index (χ1v) is 11.0. The van der Waals surface area contributed by atoms with Crippen LogP contribution in [0.2, 0.25) is 0 Å². The van der Waals surface area contributed by atoms with Crippen LogP contribution in [0.3, 0.4) is 0 Å². The molecule has 3 heterocycles. The zero-order valence-electron chi connectivity index (χ0n) is 18.2. The second kappa shape index (κ2) is 8.96. The van der Waals surface area contributed by atoms with E-state index >= 15 is 0 Å². The Morgan fingerprint density at radius 1 is 1.13 bits per heavy atom. The number of aryl methyl sites for hydroxylation is 1. The molecule has 0 unspecified atom stereocenters. The summed E-state index contributed by atoms with van der Waals surface area (Å²) in [5, 5.41) is 7.87. The molecule has 0 radical (unpaired) electrons. The Morgan fingerprint density at radius 3 is 2.57 bits per heavy atom. The lowest BCUT2D eigenvalue weighted by Crippen LogP contribution is -2.38. The first-order chi connectivity index (χ1) is 14.6. The van der Waals surface area contributed by atoms with E-state index in [2.05, 4.69) is 41.2 Å². The number of amides is 1. The van der Waals surface area contributed by atoms with Crippen LogP contribution < -0.4 is 5.32 Å². The summed E-state index contributed by atoms with van der Waals surface area (Å²) in [7, 11) is 0. The molecule has 1 fully saturated rings. The maximum absolute atomic E-state index is 13.0. The topological polar surface area (TPSA) is 62.5 Å². The Hall–Kier alpha value is -2.73. The summed E-state index contributed by atoms with van der Waals surface area (Å²) in [4.78, 5) is 20.1. The molecule has 1 saturated heterocycles. The molecule has 0 bridgehead atoms. The van der Waals surface area contributed by atoms with Crippen molar-refractivity contribution < 1.29 is 4.79 Å². The number of benzene rings is 1. The number of hydrogen-bond acceptors (Lipinski definition) is 4. The molecule has 0 spiro atoms. The number of aromatic nitrogens is 3. The molecule has 0 aliphatic carbocycles. The van der Waals surface area contributed by atoms with Gasteiger partial charge in [0.2, 0.25) is 0 Å². The number of piperidine rings is 1. The van der Waals surface area contributed by atoms with Crippen LogP contribution in [-0.4, -0.2) is 51.6 Å². The molecule has 4 rings (SSSR count). The van der Waals surface area contributed by atoms with Gasteiger partial charge in [-0.1, -0.05) is 50.6 Å². The monoisotopic (exact) mass is 405 g/mol. The maximum atomic E-state index is 13.0. The Morgan fingerprint density at radius 2 is 1.87 bits per heavy atom. The molecule has 2 aromatic heterocycles. The van der Waals surface area contributed by atoms with Gasteiger partial charge in [0.05, 0.1) is 17.0 Å². The summed E-state index contributed by atoms with van der Waals surface area (Å²) in [6, 6.07) is 10.2. The number of hydrogen-bond donors (Lipinski definition) is 1. The number of fused-ring (bicyclic) bond motifs is 1. The highest BCUT2D eigenvalue weighted by Gasteiger charge is 2.22. The fourth-order valence-corrected chi connectivity index (χ4v) is 4.39. The summed E-state index contributed by atoms with van der Waals surface area (Å²) in [5.41, 5.74) is 5.34. The van der Waals surface area contributed by atoms with Gasteiger partial charge in [0, 0.05) is 24.8 Å². The molecule has 6 heteroatoms. The van der Waals surface area contributed by atoms with E-state index in [0.29, 0.717) is 12.1 Å². The van der Waals surface area contributed by atoms with E-state index in [-0.39, 0.29) is 11.8 Å². The van der Waals surface area contributed by atoms with Gasteiger partial charge in [-0.15, -0.1) is 0 Å². The van der Waals surface area contributed by atoms with Crippen molar-refractivity contribution in [2.45, 2.75) is 46.0 Å². The quantitative estimate of drug-likeness (QED) is 0.672. The maximum Gasteiger partial charge on any atom is 0.254 e. The minimum absolute atomic E-state index is 0.0699. The van der Waals surface area contributed by atoms with Crippen LogP contribution in [0.1, 0.15) is 60.8 Å². The van der Waals surface area contributed by atoms with E-state index in [1.165, 1.54) is 19.3 Å². The number of likely N-dealkylation sites (tertiary alicyclic amines) is 1. The van der Waals surface area contributed by atoms with E-state index in [4.69, 9.17) is 5.10 Å². The number of nitrogens with one attached hydrogen (secondary N) is 1. The standard InChI is InChI=1S/C24H31N5O/c1-17(2)22-20(24(30)25-12-15-28-13-8-5-9-14-28)16-26-23-21(18(3)27-29(22)23)19-10-6-4-7-11-19/h4,6-7,10-11,16-17H,5,8-9,12-15H2,1-3H3,(H,25,30). The van der Waals surface area contributed by atoms with Crippen LogP contribution in [0.5, 0.6) is 0 Å². The molecular formula is C24H31N5O. The zero-order valence-corrected chi connectivity index (χ0v) is 18.2. The zero-order chi connectivity index (χ0) is 21.1. The SMILES string of the molecule is Cc1nn2c(C(C)C)c(C(=O)NCCN3CCCCC3)cnc2c1-c1ccccc1. The average Bonchev–Trinajstić information content (AvgIpc) is 3.09. The Bertz CT molecular complexity index is 1020. The normalized spacial score (nSPS) is 15.1. The minimum Gasteiger partial charge on any atom is -0.351 e. The lowest BCUT2D eigenvalue weighted by Gasteiger charge is -2.26. The first kappa shape index (κ1) is 20.5. The first-order valence-electron chi connectivity index (χ1n) is 11.0. The van der Waals surface area contributed by atoms with E-state index in [1.807, 2.05) is 29.6 Å². The molecule has 6 nitrogen and oxygen atoms in total. The largest absolute Gasteiger partial charge is 0.351 e. The van der Waals surface area contributed by atoms with Crippen molar-refractivity contribution in [3.05, 3.63) is 53.5 Å². The Kier molecular flexibility index (Phi) is 6.13. The molecule has 1 aromatic carbocycles. The van der Waals surface area contributed by atoms with Gasteiger partial charge < -0.3 is 10.2 Å². The van der Waals surface area contributed by atoms with Crippen molar-refractivity contribution in [3.8, 4) is 11.1 Å². The van der Waals surface area contributed by atoms with Crippen molar-refractivity contribution in [2.24, 2.45) is 0 Å². The minimum atomic E-state index is -0.0699. The fraction of sp³-hybridized carbons (Fsp3) is 0.458. The fourth-order valence-electron chi connectivity index (χ4n) is 4.39. The van der Waals surface area contributed by atoms with E-state index in [9.17, 15) is 4.79 Å². The van der Waals surface area contributed by atoms with E-state index < -0.39 is 0 Å². The highest BCUT2D eigenvalue weighted by Crippen LogP contribution is 2.30. The van der Waals surface area contributed by atoms with Crippen molar-refractivity contribution >= 4 is 11.6 Å². The summed E-state index contributed by atoms with van der Waals surface area (Å²) < 4.78 is 1.86. The number of nitrogens with zero attached hydrogens (tertiary/aromatic N) is 4. The lowest BCUT2D eigenvalue weighted by molar-refractivity contribution is 0.0944. The van der Waals surface area contributed by atoms with Crippen molar-refractivity contribution in [1.82, 2.24) is 24.8 Å². The molecular weight excluding hydrogens is 374 g/mol. The van der Waals surface area contributed by atoms with Crippen molar-refractivity contribution in [2.75, 3.05) is 26.2 Å². The van der Waals surface area contributed by atoms with Gasteiger partial charge >= 0.3 is 0 Å². The van der Waals surface area contributed by atoms with Crippen LogP contribution in [-0.2, 0) is 0 Å². The van der Waals surface area contributed by atoms with Gasteiger partial charge in [0.1, 0.15) is 0 Å². The molecule has 1 aliphatic rings. The van der Waals surface area contributed by atoms with Gasteiger partial charge in [0.25, 0.3) is 5.91 Å². The molecule has 3 aromatic rings. The third-order valence-electron chi connectivity index (χ3n) is 5.87. The second-order valence-electron chi connectivity index (χ2n) is 8.43. The molecule has 1 amide bonds. The molecule has 1 aliphatic heterocycles. The number of carbonyl (C=O) groups excluding carboxylic acids is 1. The molecule has 30 heavy (non-hydrogen) atoms. The van der Waals surface area contributed by atoms with Gasteiger partial charge in [-0.25, -0.2) is 9.50 Å². The number of carbonyl (C=O) groups is 1. The second-order valence-corrected chi connectivity index (χ2v) is 8.43. The van der Waals surface area contributed by atoms with Gasteiger partial charge in [-0.3, -0.25) is 4.79 Å². The average molecular weight is 406 g/mol. The lowest BCUT2D eigenvalue weighted by atomic mass is 10.0.